The summed E-state index contributed by atoms with van der Waals surface area (Å²) in [6, 6.07) is 2.66. The third-order valence-corrected chi connectivity index (χ3v) is 3.54. The summed E-state index contributed by atoms with van der Waals surface area (Å²) in [5.41, 5.74) is 5.87. The Bertz CT molecular complexity index is 589. The molecule has 0 radical (unpaired) electrons. The average molecular weight is 304 g/mol. The molecule has 0 saturated heterocycles. The van der Waals surface area contributed by atoms with Crippen molar-refractivity contribution in [3.63, 3.8) is 0 Å². The first-order chi connectivity index (χ1) is 9.23. The smallest absolute Gasteiger partial charge is 0.241 e. The Morgan fingerprint density at radius 1 is 1.50 bits per heavy atom. The van der Waals surface area contributed by atoms with Crippen LogP contribution in [-0.4, -0.2) is 39.5 Å². The van der Waals surface area contributed by atoms with Crippen LogP contribution in [0, 0.1) is 5.82 Å². The maximum atomic E-state index is 13.0. The first kappa shape index (κ1) is 16.4. The molecule has 0 heterocycles. The molecule has 8 heteroatoms. The largest absolute Gasteiger partial charge is 0.494 e. The van der Waals surface area contributed by atoms with E-state index in [0.29, 0.717) is 0 Å². The molecule has 112 valence electrons. The third kappa shape index (κ3) is 5.14. The van der Waals surface area contributed by atoms with E-state index in [9.17, 15) is 17.6 Å². The summed E-state index contributed by atoms with van der Waals surface area (Å²) in [6.07, 6.45) is 1.08. The lowest BCUT2D eigenvalue weighted by atomic mass is 10.2. The Balaban J connectivity index is 2.70. The van der Waals surface area contributed by atoms with Gasteiger partial charge in [-0.25, -0.2) is 12.8 Å². The Kier molecular flexibility index (Phi) is 5.46. The van der Waals surface area contributed by atoms with Crippen molar-refractivity contribution in [1.29, 1.82) is 0 Å². The molecule has 0 spiro atoms. The summed E-state index contributed by atoms with van der Waals surface area (Å²) in [4.78, 5) is 11.8. The van der Waals surface area contributed by atoms with Crippen molar-refractivity contribution in [2.75, 3.05) is 24.4 Å². The average Bonchev–Trinajstić information content (AvgIpc) is 2.36. The van der Waals surface area contributed by atoms with Crippen LogP contribution in [0.15, 0.2) is 18.2 Å². The van der Waals surface area contributed by atoms with Gasteiger partial charge in [-0.1, -0.05) is 0 Å². The highest BCUT2D eigenvalue weighted by atomic mass is 32.2. The number of nitrogens with one attached hydrogen (secondary N) is 1. The maximum Gasteiger partial charge on any atom is 0.241 e. The van der Waals surface area contributed by atoms with Gasteiger partial charge in [-0.05, 0) is 18.6 Å². The number of carbonyl (C=O) groups excluding carboxylic acids is 1. The molecule has 3 N–H and O–H groups in total. The minimum atomic E-state index is -3.18. The molecular formula is C12H17FN2O4S. The van der Waals surface area contributed by atoms with Gasteiger partial charge in [0.2, 0.25) is 5.91 Å². The number of benzene rings is 1. The molecule has 0 aliphatic carbocycles. The number of ether oxygens (including phenoxy) is 1. The summed E-state index contributed by atoms with van der Waals surface area (Å²) < 4.78 is 39.9. The number of methoxy groups -OCH3 is 1. The molecule has 1 aromatic carbocycles. The molecule has 0 aliphatic rings. The third-order valence-electron chi connectivity index (χ3n) is 2.56. The van der Waals surface area contributed by atoms with Gasteiger partial charge in [0.05, 0.1) is 24.6 Å². The SMILES string of the molecule is COc1cc(F)ccc1NC(=O)C(N)CCS(C)(=O)=O. The number of amides is 1. The number of nitrogens with two attached hydrogens (primary N) is 1. The van der Waals surface area contributed by atoms with Crippen LogP contribution in [0.1, 0.15) is 6.42 Å². The standard InChI is InChI=1S/C12H17FN2O4S/c1-19-11-7-8(13)3-4-10(11)15-12(16)9(14)5-6-20(2,17)18/h3-4,7,9H,5-6,14H2,1-2H3,(H,15,16). The van der Waals surface area contributed by atoms with Crippen LogP contribution in [-0.2, 0) is 14.6 Å². The summed E-state index contributed by atoms with van der Waals surface area (Å²) in [5.74, 6) is -1.07. The fraction of sp³-hybridized carbons (Fsp3) is 0.417. The van der Waals surface area contributed by atoms with Gasteiger partial charge >= 0.3 is 0 Å². The van der Waals surface area contributed by atoms with E-state index in [0.717, 1.165) is 12.3 Å². The zero-order valence-corrected chi connectivity index (χ0v) is 12.0. The Labute approximate surface area is 117 Å². The Morgan fingerprint density at radius 3 is 2.70 bits per heavy atom. The highest BCUT2D eigenvalue weighted by molar-refractivity contribution is 7.90. The predicted molar refractivity (Wildman–Crippen MR) is 73.9 cm³/mol. The fourth-order valence-corrected chi connectivity index (χ4v) is 2.15. The first-order valence-electron chi connectivity index (χ1n) is 5.80. The van der Waals surface area contributed by atoms with E-state index in [1.165, 1.54) is 19.2 Å². The van der Waals surface area contributed by atoms with Gasteiger partial charge in [0.1, 0.15) is 21.4 Å². The normalized spacial score (nSPS) is 12.8. The van der Waals surface area contributed by atoms with Crippen molar-refractivity contribution in [3.8, 4) is 5.75 Å². The number of hydrogen-bond donors (Lipinski definition) is 2. The van der Waals surface area contributed by atoms with Gasteiger partial charge in [-0.15, -0.1) is 0 Å². The van der Waals surface area contributed by atoms with Gasteiger partial charge in [0, 0.05) is 12.3 Å². The Morgan fingerprint density at radius 2 is 2.15 bits per heavy atom. The summed E-state index contributed by atoms with van der Waals surface area (Å²) in [6.45, 7) is 0. The monoisotopic (exact) mass is 304 g/mol. The van der Waals surface area contributed by atoms with E-state index in [2.05, 4.69) is 5.32 Å². The molecule has 20 heavy (non-hydrogen) atoms. The van der Waals surface area contributed by atoms with Crippen molar-refractivity contribution in [3.05, 3.63) is 24.0 Å². The second kappa shape index (κ2) is 6.67. The minimum Gasteiger partial charge on any atom is -0.494 e. The minimum absolute atomic E-state index is 0.00811. The van der Waals surface area contributed by atoms with Crippen LogP contribution in [0.5, 0.6) is 5.75 Å². The van der Waals surface area contributed by atoms with Crippen LogP contribution in [0.25, 0.3) is 0 Å². The molecule has 1 aromatic rings. The van der Waals surface area contributed by atoms with Crippen LogP contribution in [0.3, 0.4) is 0 Å². The maximum absolute atomic E-state index is 13.0. The lowest BCUT2D eigenvalue weighted by Gasteiger charge is -2.14. The van der Waals surface area contributed by atoms with Crippen LogP contribution in [0.2, 0.25) is 0 Å². The second-order valence-corrected chi connectivity index (χ2v) is 6.62. The molecule has 0 bridgehead atoms. The van der Waals surface area contributed by atoms with Gasteiger partial charge < -0.3 is 15.8 Å². The van der Waals surface area contributed by atoms with Gasteiger partial charge in [-0.2, -0.15) is 0 Å². The molecule has 0 saturated carbocycles. The molecule has 6 nitrogen and oxygen atoms in total. The lowest BCUT2D eigenvalue weighted by Crippen LogP contribution is -2.37. The molecule has 1 unspecified atom stereocenters. The van der Waals surface area contributed by atoms with Crippen molar-refractivity contribution < 1.29 is 22.3 Å². The summed E-state index contributed by atoms with van der Waals surface area (Å²) in [7, 11) is -1.84. The topological polar surface area (TPSA) is 98.5 Å². The first-order valence-corrected chi connectivity index (χ1v) is 7.86. The van der Waals surface area contributed by atoms with Crippen LogP contribution >= 0.6 is 0 Å². The number of sulfone groups is 1. The van der Waals surface area contributed by atoms with Gasteiger partial charge in [-0.3, -0.25) is 4.79 Å². The van der Waals surface area contributed by atoms with E-state index in [1.54, 1.807) is 0 Å². The lowest BCUT2D eigenvalue weighted by molar-refractivity contribution is -0.117. The van der Waals surface area contributed by atoms with Crippen molar-refractivity contribution in [2.45, 2.75) is 12.5 Å². The van der Waals surface area contributed by atoms with Crippen LogP contribution in [0.4, 0.5) is 10.1 Å². The second-order valence-electron chi connectivity index (χ2n) is 4.36. The number of rotatable bonds is 6. The molecule has 1 amide bonds. The van der Waals surface area contributed by atoms with Crippen LogP contribution < -0.4 is 15.8 Å². The van der Waals surface area contributed by atoms with Crippen molar-refractivity contribution in [2.24, 2.45) is 5.73 Å². The fourth-order valence-electron chi connectivity index (χ4n) is 1.47. The van der Waals surface area contributed by atoms with Crippen molar-refractivity contribution in [1.82, 2.24) is 0 Å². The van der Waals surface area contributed by atoms with E-state index in [-0.39, 0.29) is 23.6 Å². The highest BCUT2D eigenvalue weighted by Crippen LogP contribution is 2.25. The zero-order chi connectivity index (χ0) is 15.3. The molecular weight excluding hydrogens is 287 g/mol. The van der Waals surface area contributed by atoms with E-state index < -0.39 is 27.6 Å². The van der Waals surface area contributed by atoms with E-state index in [1.807, 2.05) is 0 Å². The van der Waals surface area contributed by atoms with Gasteiger partial charge in [0.15, 0.2) is 0 Å². The quantitative estimate of drug-likeness (QED) is 0.799. The molecule has 0 aliphatic heterocycles. The zero-order valence-electron chi connectivity index (χ0n) is 11.2. The number of anilines is 1. The molecule has 0 aromatic heterocycles. The highest BCUT2D eigenvalue weighted by Gasteiger charge is 2.17. The van der Waals surface area contributed by atoms with Crippen molar-refractivity contribution >= 4 is 21.4 Å². The number of carbonyl (C=O) groups is 1. The molecule has 0 fully saturated rings. The molecule has 1 atom stereocenters. The Hall–Kier alpha value is -1.67. The number of halogens is 1. The summed E-state index contributed by atoms with van der Waals surface area (Å²) in [5, 5.41) is 2.47. The van der Waals surface area contributed by atoms with E-state index >= 15 is 0 Å². The van der Waals surface area contributed by atoms with E-state index in [4.69, 9.17) is 10.5 Å². The molecule has 1 rings (SSSR count). The summed E-state index contributed by atoms with van der Waals surface area (Å²) >= 11 is 0. The number of hydrogen-bond acceptors (Lipinski definition) is 5. The van der Waals surface area contributed by atoms with Gasteiger partial charge in [0.25, 0.3) is 0 Å². The predicted octanol–water partition coefficient (Wildman–Crippen LogP) is 0.535.